The fraction of sp³-hybridized carbons (Fsp3) is 0.500. The standard InChI is InChI=1S/C14H17BrClNO2/c1-8(2-4-11(18)9-6-17-7-9)13-12(19)5-3-10(15)14(13)16/h3,5,8-9,17,19H,2,4,6-7H2,1H3/t8-/m1/s1. The molecule has 0 saturated carbocycles. The summed E-state index contributed by atoms with van der Waals surface area (Å²) >= 11 is 9.56. The topological polar surface area (TPSA) is 49.3 Å². The van der Waals surface area contributed by atoms with Gasteiger partial charge in [-0.1, -0.05) is 18.5 Å². The Bertz CT molecular complexity index is 489. The van der Waals surface area contributed by atoms with Crippen molar-refractivity contribution in [1.82, 2.24) is 5.32 Å². The second kappa shape index (κ2) is 6.25. The zero-order chi connectivity index (χ0) is 14.0. The van der Waals surface area contributed by atoms with Crippen LogP contribution in [-0.4, -0.2) is 24.0 Å². The molecule has 104 valence electrons. The first kappa shape index (κ1) is 14.8. The molecule has 5 heteroatoms. The molecule has 1 fully saturated rings. The van der Waals surface area contributed by atoms with Gasteiger partial charge in [0.25, 0.3) is 0 Å². The van der Waals surface area contributed by atoms with E-state index in [-0.39, 0.29) is 17.6 Å². The summed E-state index contributed by atoms with van der Waals surface area (Å²) in [7, 11) is 0. The number of benzene rings is 1. The summed E-state index contributed by atoms with van der Waals surface area (Å²) in [5.74, 6) is 0.732. The summed E-state index contributed by atoms with van der Waals surface area (Å²) in [4.78, 5) is 11.9. The average Bonchev–Trinajstić information content (AvgIpc) is 2.29. The highest BCUT2D eigenvalue weighted by Gasteiger charge is 2.25. The summed E-state index contributed by atoms with van der Waals surface area (Å²) in [5, 5.41) is 13.5. The molecule has 2 rings (SSSR count). The monoisotopic (exact) mass is 345 g/mol. The van der Waals surface area contributed by atoms with Crippen molar-refractivity contribution in [2.45, 2.75) is 25.7 Å². The van der Waals surface area contributed by atoms with Gasteiger partial charge < -0.3 is 10.4 Å². The van der Waals surface area contributed by atoms with Gasteiger partial charge in [-0.05, 0) is 40.4 Å². The predicted molar refractivity (Wildman–Crippen MR) is 79.8 cm³/mol. The Labute approximate surface area is 126 Å². The predicted octanol–water partition coefficient (Wildman–Crippen LogP) is 3.48. The van der Waals surface area contributed by atoms with Crippen molar-refractivity contribution in [2.24, 2.45) is 5.92 Å². The van der Waals surface area contributed by atoms with E-state index in [0.29, 0.717) is 23.6 Å². The van der Waals surface area contributed by atoms with Crippen LogP contribution in [0, 0.1) is 5.92 Å². The molecule has 0 radical (unpaired) electrons. The highest BCUT2D eigenvalue weighted by atomic mass is 79.9. The van der Waals surface area contributed by atoms with Crippen LogP contribution in [0.1, 0.15) is 31.2 Å². The molecule has 0 spiro atoms. The van der Waals surface area contributed by atoms with Gasteiger partial charge in [-0.25, -0.2) is 0 Å². The third kappa shape index (κ3) is 3.30. The molecule has 1 aromatic carbocycles. The molecular formula is C14H17BrClNO2. The van der Waals surface area contributed by atoms with Crippen molar-refractivity contribution in [2.75, 3.05) is 13.1 Å². The number of ketones is 1. The number of hydrogen-bond acceptors (Lipinski definition) is 3. The molecule has 3 nitrogen and oxygen atoms in total. The van der Waals surface area contributed by atoms with E-state index >= 15 is 0 Å². The van der Waals surface area contributed by atoms with Gasteiger partial charge in [0.05, 0.1) is 5.02 Å². The van der Waals surface area contributed by atoms with Crippen molar-refractivity contribution in [3.63, 3.8) is 0 Å². The molecule has 1 aliphatic rings. The van der Waals surface area contributed by atoms with Gasteiger partial charge in [-0.3, -0.25) is 4.79 Å². The smallest absolute Gasteiger partial charge is 0.138 e. The van der Waals surface area contributed by atoms with Crippen molar-refractivity contribution < 1.29 is 9.90 Å². The van der Waals surface area contributed by atoms with E-state index in [1.807, 2.05) is 6.92 Å². The lowest BCUT2D eigenvalue weighted by Crippen LogP contribution is -2.46. The number of aromatic hydroxyl groups is 1. The highest BCUT2D eigenvalue weighted by molar-refractivity contribution is 9.10. The molecule has 0 amide bonds. The molecular weight excluding hydrogens is 330 g/mol. The molecule has 1 aromatic rings. The SMILES string of the molecule is C[C@H](CCC(=O)C1CNC1)c1c(O)ccc(Br)c1Cl. The summed E-state index contributed by atoms with van der Waals surface area (Å²) in [5.41, 5.74) is 0.718. The minimum Gasteiger partial charge on any atom is -0.508 e. The lowest BCUT2D eigenvalue weighted by Gasteiger charge is -2.26. The first-order chi connectivity index (χ1) is 9.00. The molecule has 1 aliphatic heterocycles. The summed E-state index contributed by atoms with van der Waals surface area (Å²) in [6.45, 7) is 3.59. The van der Waals surface area contributed by atoms with E-state index in [2.05, 4.69) is 21.2 Å². The highest BCUT2D eigenvalue weighted by Crippen LogP contribution is 2.39. The maximum absolute atomic E-state index is 11.9. The van der Waals surface area contributed by atoms with Gasteiger partial charge >= 0.3 is 0 Å². The number of carbonyl (C=O) groups is 1. The van der Waals surface area contributed by atoms with Crippen molar-refractivity contribution >= 4 is 33.3 Å². The minimum atomic E-state index is 0.0574. The first-order valence-corrected chi connectivity index (χ1v) is 7.58. The molecule has 1 saturated heterocycles. The third-order valence-electron chi connectivity index (χ3n) is 3.66. The molecule has 19 heavy (non-hydrogen) atoms. The van der Waals surface area contributed by atoms with Crippen LogP contribution in [0.2, 0.25) is 5.02 Å². The largest absolute Gasteiger partial charge is 0.508 e. The third-order valence-corrected chi connectivity index (χ3v) is 4.96. The Morgan fingerprint density at radius 3 is 2.84 bits per heavy atom. The lowest BCUT2D eigenvalue weighted by molar-refractivity contribution is -0.124. The number of nitrogens with one attached hydrogen (secondary N) is 1. The normalized spacial score (nSPS) is 17.0. The fourth-order valence-electron chi connectivity index (χ4n) is 2.25. The Morgan fingerprint density at radius 2 is 2.26 bits per heavy atom. The summed E-state index contributed by atoms with van der Waals surface area (Å²) < 4.78 is 0.767. The van der Waals surface area contributed by atoms with Crippen LogP contribution < -0.4 is 5.32 Å². The number of phenolic OH excluding ortho intramolecular Hbond substituents is 1. The fourth-order valence-corrected chi connectivity index (χ4v) is 2.94. The lowest BCUT2D eigenvalue weighted by atomic mass is 9.89. The second-order valence-corrected chi connectivity index (χ2v) is 6.29. The van der Waals surface area contributed by atoms with E-state index < -0.39 is 0 Å². The Kier molecular flexibility index (Phi) is 4.87. The number of halogens is 2. The first-order valence-electron chi connectivity index (χ1n) is 6.41. The summed E-state index contributed by atoms with van der Waals surface area (Å²) in [6.07, 6.45) is 1.24. The van der Waals surface area contributed by atoms with Crippen molar-refractivity contribution in [3.05, 3.63) is 27.2 Å². The van der Waals surface area contributed by atoms with Gasteiger partial charge in [-0.15, -0.1) is 0 Å². The number of hydrogen-bond donors (Lipinski definition) is 2. The minimum absolute atomic E-state index is 0.0574. The van der Waals surface area contributed by atoms with Crippen LogP contribution in [0.4, 0.5) is 0 Å². The Hall–Kier alpha value is -0.580. The van der Waals surface area contributed by atoms with Crippen LogP contribution >= 0.6 is 27.5 Å². The van der Waals surface area contributed by atoms with Gasteiger partial charge in [0, 0.05) is 35.5 Å². The molecule has 0 aromatic heterocycles. The van der Waals surface area contributed by atoms with Crippen molar-refractivity contribution in [3.8, 4) is 5.75 Å². The molecule has 0 unspecified atom stereocenters. The van der Waals surface area contributed by atoms with Crippen LogP contribution in [0.5, 0.6) is 5.75 Å². The van der Waals surface area contributed by atoms with Crippen LogP contribution in [-0.2, 0) is 4.79 Å². The number of Topliss-reactive ketones (excluding diaryl/α,β-unsaturated/α-hetero) is 1. The molecule has 0 bridgehead atoms. The van der Waals surface area contributed by atoms with E-state index in [0.717, 1.165) is 23.1 Å². The Morgan fingerprint density at radius 1 is 1.58 bits per heavy atom. The number of rotatable bonds is 5. The summed E-state index contributed by atoms with van der Waals surface area (Å²) in [6, 6.07) is 3.35. The maximum atomic E-state index is 11.9. The van der Waals surface area contributed by atoms with E-state index in [1.165, 1.54) is 0 Å². The van der Waals surface area contributed by atoms with Crippen LogP contribution in [0.3, 0.4) is 0 Å². The van der Waals surface area contributed by atoms with E-state index in [4.69, 9.17) is 11.6 Å². The molecule has 1 heterocycles. The van der Waals surface area contributed by atoms with E-state index in [1.54, 1.807) is 12.1 Å². The molecule has 0 aliphatic carbocycles. The quantitative estimate of drug-likeness (QED) is 0.858. The maximum Gasteiger partial charge on any atom is 0.138 e. The molecule has 1 atom stereocenters. The van der Waals surface area contributed by atoms with Gasteiger partial charge in [0.1, 0.15) is 11.5 Å². The Balaban J connectivity index is 2.01. The molecule has 2 N–H and O–H groups in total. The number of carbonyl (C=O) groups excluding carboxylic acids is 1. The van der Waals surface area contributed by atoms with Gasteiger partial charge in [0.2, 0.25) is 0 Å². The van der Waals surface area contributed by atoms with Gasteiger partial charge in [-0.2, -0.15) is 0 Å². The van der Waals surface area contributed by atoms with Crippen molar-refractivity contribution in [1.29, 1.82) is 0 Å². The van der Waals surface area contributed by atoms with Crippen LogP contribution in [0.25, 0.3) is 0 Å². The van der Waals surface area contributed by atoms with Gasteiger partial charge in [0.15, 0.2) is 0 Å². The van der Waals surface area contributed by atoms with Crippen LogP contribution in [0.15, 0.2) is 16.6 Å². The van der Waals surface area contributed by atoms with E-state index in [9.17, 15) is 9.90 Å². The average molecular weight is 347 g/mol. The number of phenols is 1. The zero-order valence-electron chi connectivity index (χ0n) is 10.7. The zero-order valence-corrected chi connectivity index (χ0v) is 13.1. The second-order valence-electron chi connectivity index (χ2n) is 5.06.